The predicted molar refractivity (Wildman–Crippen MR) is 73.9 cm³/mol. The molecule has 0 spiro atoms. The van der Waals surface area contributed by atoms with Crippen molar-refractivity contribution >= 4 is 22.4 Å². The number of carboxylic acid groups (broad SMARTS) is 1. The van der Waals surface area contributed by atoms with Gasteiger partial charge in [-0.25, -0.2) is 9.78 Å². The summed E-state index contributed by atoms with van der Waals surface area (Å²) in [6, 6.07) is 7.50. The molecule has 3 N–H and O–H groups in total. The molecule has 0 atom stereocenters. The fraction of sp³-hybridized carbons (Fsp3) is 0.231. The molecule has 0 amide bonds. The van der Waals surface area contributed by atoms with Gasteiger partial charge < -0.3 is 15.6 Å². The van der Waals surface area contributed by atoms with E-state index in [2.05, 4.69) is 4.98 Å². The number of ether oxygens (including phenoxy) is 1. The minimum atomic E-state index is -0.991. The number of nitrogens with zero attached hydrogens (tertiary/aromatic N) is 1. The minimum Gasteiger partial charge on any atom is -0.494 e. The fourth-order valence-corrected chi connectivity index (χ4v) is 2.41. The van der Waals surface area contributed by atoms with Crippen LogP contribution in [0.2, 0.25) is 0 Å². The molecule has 0 radical (unpaired) electrons. The molecule has 19 heavy (non-hydrogen) atoms. The third-order valence-electron chi connectivity index (χ3n) is 2.51. The molecule has 2 aromatic rings. The minimum absolute atomic E-state index is 0.200. The molecular weight excluding hydrogens is 264 g/mol. The highest BCUT2D eigenvalue weighted by molar-refractivity contribution is 7.17. The first-order valence-electron chi connectivity index (χ1n) is 5.80. The highest BCUT2D eigenvalue weighted by Crippen LogP contribution is 2.23. The first-order chi connectivity index (χ1) is 9.10. The van der Waals surface area contributed by atoms with E-state index in [9.17, 15) is 4.79 Å². The van der Waals surface area contributed by atoms with Gasteiger partial charge in [0.05, 0.1) is 12.3 Å². The van der Waals surface area contributed by atoms with E-state index in [-0.39, 0.29) is 10.0 Å². The average Bonchev–Trinajstić information content (AvgIpc) is 2.73. The molecule has 6 heteroatoms. The van der Waals surface area contributed by atoms with E-state index < -0.39 is 5.97 Å². The maximum atomic E-state index is 11.1. The van der Waals surface area contributed by atoms with Crippen LogP contribution in [0.5, 0.6) is 5.75 Å². The van der Waals surface area contributed by atoms with Crippen LogP contribution in [0.25, 0.3) is 0 Å². The van der Waals surface area contributed by atoms with Gasteiger partial charge in [-0.2, -0.15) is 0 Å². The van der Waals surface area contributed by atoms with Gasteiger partial charge in [0.1, 0.15) is 10.6 Å². The van der Waals surface area contributed by atoms with Crippen LogP contribution in [0.15, 0.2) is 24.3 Å². The lowest BCUT2D eigenvalue weighted by atomic mass is 10.1. The molecule has 0 aliphatic heterocycles. The largest absolute Gasteiger partial charge is 0.494 e. The third kappa shape index (κ3) is 3.23. The quantitative estimate of drug-likeness (QED) is 0.877. The molecule has 1 heterocycles. The van der Waals surface area contributed by atoms with E-state index in [0.717, 1.165) is 22.6 Å². The molecule has 0 aliphatic carbocycles. The van der Waals surface area contributed by atoms with Crippen molar-refractivity contribution in [3.8, 4) is 5.75 Å². The van der Waals surface area contributed by atoms with E-state index in [1.807, 2.05) is 31.2 Å². The van der Waals surface area contributed by atoms with Crippen molar-refractivity contribution in [1.82, 2.24) is 4.98 Å². The van der Waals surface area contributed by atoms with E-state index >= 15 is 0 Å². The zero-order chi connectivity index (χ0) is 13.8. The van der Waals surface area contributed by atoms with Crippen molar-refractivity contribution in [2.24, 2.45) is 0 Å². The predicted octanol–water partition coefficient (Wildman–Crippen LogP) is 2.41. The van der Waals surface area contributed by atoms with Gasteiger partial charge in [-0.3, -0.25) is 0 Å². The Bertz CT molecular complexity index is 578. The zero-order valence-corrected chi connectivity index (χ0v) is 11.2. The number of nitrogens with two attached hydrogens (primary N) is 1. The van der Waals surface area contributed by atoms with Gasteiger partial charge in [-0.15, -0.1) is 0 Å². The van der Waals surface area contributed by atoms with Crippen molar-refractivity contribution in [3.63, 3.8) is 0 Å². The summed E-state index contributed by atoms with van der Waals surface area (Å²) >= 11 is 0.995. The van der Waals surface area contributed by atoms with Crippen molar-refractivity contribution in [2.45, 2.75) is 13.3 Å². The van der Waals surface area contributed by atoms with Crippen molar-refractivity contribution < 1.29 is 14.6 Å². The Hall–Kier alpha value is -2.08. The van der Waals surface area contributed by atoms with Gasteiger partial charge in [-0.05, 0) is 24.6 Å². The maximum absolute atomic E-state index is 11.1. The number of benzene rings is 1. The SMILES string of the molecule is CCOc1ccc(Cc2nc(N)sc2C(=O)O)cc1. The highest BCUT2D eigenvalue weighted by Gasteiger charge is 2.16. The first kappa shape index (κ1) is 13.4. The molecule has 1 aromatic carbocycles. The number of aromatic nitrogens is 1. The molecule has 2 rings (SSSR count). The second-order valence-corrected chi connectivity index (χ2v) is 4.92. The number of rotatable bonds is 5. The monoisotopic (exact) mass is 278 g/mol. The van der Waals surface area contributed by atoms with Gasteiger partial charge in [0.25, 0.3) is 0 Å². The van der Waals surface area contributed by atoms with Crippen molar-refractivity contribution in [2.75, 3.05) is 12.3 Å². The number of thiazole rings is 1. The summed E-state index contributed by atoms with van der Waals surface area (Å²) in [6.07, 6.45) is 0.446. The summed E-state index contributed by atoms with van der Waals surface area (Å²) in [5.41, 5.74) is 7.03. The number of aromatic carboxylic acids is 1. The number of carboxylic acids is 1. The Labute approximate surface area is 114 Å². The van der Waals surface area contributed by atoms with Crippen LogP contribution in [0.3, 0.4) is 0 Å². The lowest BCUT2D eigenvalue weighted by molar-refractivity contribution is 0.0701. The van der Waals surface area contributed by atoms with Crippen LogP contribution in [-0.2, 0) is 6.42 Å². The average molecular weight is 278 g/mol. The Morgan fingerprint density at radius 2 is 2.11 bits per heavy atom. The van der Waals surface area contributed by atoms with Crippen LogP contribution in [0.4, 0.5) is 5.13 Å². The molecule has 0 aliphatic rings. The topological polar surface area (TPSA) is 85.4 Å². The fourth-order valence-electron chi connectivity index (χ4n) is 1.72. The van der Waals surface area contributed by atoms with Gasteiger partial charge in [0.15, 0.2) is 5.13 Å². The molecule has 0 unspecified atom stereocenters. The standard InChI is InChI=1S/C13H14N2O3S/c1-2-18-9-5-3-8(4-6-9)7-10-11(12(16)17)19-13(14)15-10/h3-6H,2,7H2,1H3,(H2,14,15)(H,16,17). The maximum Gasteiger partial charge on any atom is 0.347 e. The second kappa shape index (κ2) is 5.71. The van der Waals surface area contributed by atoms with E-state index in [0.29, 0.717) is 18.7 Å². The number of anilines is 1. The van der Waals surface area contributed by atoms with Crippen LogP contribution in [0.1, 0.15) is 27.9 Å². The van der Waals surface area contributed by atoms with Gasteiger partial charge >= 0.3 is 5.97 Å². The van der Waals surface area contributed by atoms with Crippen molar-refractivity contribution in [1.29, 1.82) is 0 Å². The van der Waals surface area contributed by atoms with Gasteiger partial charge in [0.2, 0.25) is 0 Å². The molecule has 100 valence electrons. The highest BCUT2D eigenvalue weighted by atomic mass is 32.1. The Kier molecular flexibility index (Phi) is 4.01. The third-order valence-corrected chi connectivity index (χ3v) is 3.43. The van der Waals surface area contributed by atoms with E-state index in [1.54, 1.807) is 0 Å². The normalized spacial score (nSPS) is 10.4. The number of hydrogen-bond acceptors (Lipinski definition) is 5. The molecular formula is C13H14N2O3S. The lowest BCUT2D eigenvalue weighted by Crippen LogP contribution is -2.00. The summed E-state index contributed by atoms with van der Waals surface area (Å²) in [7, 11) is 0. The second-order valence-electron chi connectivity index (χ2n) is 3.89. The van der Waals surface area contributed by atoms with Crippen LogP contribution in [0, 0.1) is 0 Å². The molecule has 1 aromatic heterocycles. The summed E-state index contributed by atoms with van der Waals surface area (Å²) < 4.78 is 5.35. The van der Waals surface area contributed by atoms with Crippen LogP contribution in [-0.4, -0.2) is 22.7 Å². The van der Waals surface area contributed by atoms with Crippen LogP contribution < -0.4 is 10.5 Å². The van der Waals surface area contributed by atoms with E-state index in [1.165, 1.54) is 0 Å². The number of nitrogen functional groups attached to an aromatic ring is 1. The molecule has 0 fully saturated rings. The summed E-state index contributed by atoms with van der Waals surface area (Å²) in [4.78, 5) is 15.3. The molecule has 0 bridgehead atoms. The summed E-state index contributed by atoms with van der Waals surface area (Å²) in [5.74, 6) is -0.197. The molecule has 5 nitrogen and oxygen atoms in total. The van der Waals surface area contributed by atoms with Gasteiger partial charge in [-0.1, -0.05) is 23.5 Å². The van der Waals surface area contributed by atoms with Crippen LogP contribution >= 0.6 is 11.3 Å². The summed E-state index contributed by atoms with van der Waals surface area (Å²) in [5, 5.41) is 9.34. The Morgan fingerprint density at radius 1 is 1.42 bits per heavy atom. The van der Waals surface area contributed by atoms with E-state index in [4.69, 9.17) is 15.6 Å². The number of hydrogen-bond donors (Lipinski definition) is 2. The van der Waals surface area contributed by atoms with Crippen molar-refractivity contribution in [3.05, 3.63) is 40.4 Å². The molecule has 0 saturated heterocycles. The Balaban J connectivity index is 2.18. The smallest absolute Gasteiger partial charge is 0.347 e. The molecule has 0 saturated carbocycles. The van der Waals surface area contributed by atoms with Gasteiger partial charge in [0, 0.05) is 6.42 Å². The summed E-state index contributed by atoms with van der Waals surface area (Å²) in [6.45, 7) is 2.54. The Morgan fingerprint density at radius 3 is 2.68 bits per heavy atom. The zero-order valence-electron chi connectivity index (χ0n) is 10.4. The number of carbonyl (C=O) groups is 1. The first-order valence-corrected chi connectivity index (χ1v) is 6.62. The lowest BCUT2D eigenvalue weighted by Gasteiger charge is -2.04.